The smallest absolute Gasteiger partial charge is 0.243 e. The topological polar surface area (TPSA) is 121 Å². The summed E-state index contributed by atoms with van der Waals surface area (Å²) in [5.41, 5.74) is 1.83. The monoisotopic (exact) mass is 506 g/mol. The van der Waals surface area contributed by atoms with Gasteiger partial charge in [0.25, 0.3) is 0 Å². The maximum atomic E-state index is 13.4. The molecule has 3 aromatic rings. The van der Waals surface area contributed by atoms with E-state index in [9.17, 15) is 8.42 Å². The summed E-state index contributed by atoms with van der Waals surface area (Å²) in [7, 11) is -2.59. The maximum absolute atomic E-state index is 13.4. The standard InChI is InChI=1S/C22H27ClN6O4S/c1-4-15-8-5-6-9-17(15)29-21(18-10-7-11-33-18)26-27-22(29)28-34(30,31)14(2)19(32-3)20-24-12-16(23)13-25-20/h5-6,8-9,12-14,18-19H,4,7,10-11H2,1-3H3,(H,27,28)/t14-,18-,19-/m0/s1. The van der Waals surface area contributed by atoms with Crippen molar-refractivity contribution in [1.82, 2.24) is 24.7 Å². The molecule has 0 saturated carbocycles. The Bertz CT molecular complexity index is 1230. The molecule has 0 bridgehead atoms. The Morgan fingerprint density at radius 2 is 2.00 bits per heavy atom. The molecule has 4 rings (SSSR count). The van der Waals surface area contributed by atoms with Crippen LogP contribution in [-0.4, -0.2) is 52.1 Å². The van der Waals surface area contributed by atoms with E-state index >= 15 is 0 Å². The van der Waals surface area contributed by atoms with E-state index < -0.39 is 21.4 Å². The second-order valence-electron chi connectivity index (χ2n) is 7.97. The van der Waals surface area contributed by atoms with Crippen molar-refractivity contribution in [3.8, 4) is 5.69 Å². The lowest BCUT2D eigenvalue weighted by molar-refractivity contribution is 0.0950. The van der Waals surface area contributed by atoms with Crippen LogP contribution in [0.3, 0.4) is 0 Å². The third-order valence-corrected chi connectivity index (χ3v) is 7.71. The molecule has 1 aliphatic heterocycles. The highest BCUT2D eigenvalue weighted by atomic mass is 35.5. The van der Waals surface area contributed by atoms with Crippen LogP contribution in [0.1, 0.15) is 56.1 Å². The fraction of sp³-hybridized carbons (Fsp3) is 0.455. The fourth-order valence-corrected chi connectivity index (χ4v) is 5.21. The average molecular weight is 507 g/mol. The highest BCUT2D eigenvalue weighted by molar-refractivity contribution is 7.93. The Labute approximate surface area is 203 Å². The van der Waals surface area contributed by atoms with E-state index in [1.807, 2.05) is 31.2 Å². The van der Waals surface area contributed by atoms with Crippen molar-refractivity contribution in [1.29, 1.82) is 0 Å². The Kier molecular flexibility index (Phi) is 7.46. The van der Waals surface area contributed by atoms with E-state index in [2.05, 4.69) is 24.9 Å². The van der Waals surface area contributed by atoms with Crippen molar-refractivity contribution in [2.24, 2.45) is 0 Å². The van der Waals surface area contributed by atoms with Crippen molar-refractivity contribution in [2.75, 3.05) is 18.4 Å². The normalized spacial score (nSPS) is 18.1. The summed E-state index contributed by atoms with van der Waals surface area (Å²) >= 11 is 5.87. The van der Waals surface area contributed by atoms with Crippen LogP contribution in [0.2, 0.25) is 5.02 Å². The minimum atomic E-state index is -4.00. The molecular formula is C22H27ClN6O4S. The Hall–Kier alpha value is -2.60. The number of nitrogens with zero attached hydrogens (tertiary/aromatic N) is 5. The van der Waals surface area contributed by atoms with Gasteiger partial charge >= 0.3 is 0 Å². The molecule has 0 radical (unpaired) electrons. The van der Waals surface area contributed by atoms with Gasteiger partial charge in [-0.05, 0) is 37.8 Å². The number of nitrogens with one attached hydrogen (secondary N) is 1. The number of hydrogen-bond donors (Lipinski definition) is 1. The molecule has 1 saturated heterocycles. The predicted molar refractivity (Wildman–Crippen MR) is 127 cm³/mol. The van der Waals surface area contributed by atoms with Crippen LogP contribution < -0.4 is 4.72 Å². The van der Waals surface area contributed by atoms with Crippen LogP contribution in [0.4, 0.5) is 5.95 Å². The van der Waals surface area contributed by atoms with Crippen molar-refractivity contribution < 1.29 is 17.9 Å². The van der Waals surface area contributed by atoms with Gasteiger partial charge in [0, 0.05) is 26.1 Å². The van der Waals surface area contributed by atoms with Crippen LogP contribution in [0, 0.1) is 0 Å². The van der Waals surface area contributed by atoms with E-state index in [1.165, 1.54) is 26.4 Å². The summed E-state index contributed by atoms with van der Waals surface area (Å²) in [4.78, 5) is 8.25. The maximum Gasteiger partial charge on any atom is 0.243 e. The van der Waals surface area contributed by atoms with Crippen molar-refractivity contribution in [3.63, 3.8) is 0 Å². The lowest BCUT2D eigenvalue weighted by Crippen LogP contribution is -2.33. The van der Waals surface area contributed by atoms with Gasteiger partial charge < -0.3 is 9.47 Å². The number of methoxy groups -OCH3 is 1. The van der Waals surface area contributed by atoms with E-state index in [-0.39, 0.29) is 17.9 Å². The summed E-state index contributed by atoms with van der Waals surface area (Å²) in [6.45, 7) is 4.19. The van der Waals surface area contributed by atoms with Gasteiger partial charge in [0.15, 0.2) is 11.6 Å². The second kappa shape index (κ2) is 10.3. The summed E-state index contributed by atoms with van der Waals surface area (Å²) in [6.07, 6.45) is 4.05. The number of rotatable bonds is 9. The van der Waals surface area contributed by atoms with Gasteiger partial charge in [0.05, 0.1) is 10.7 Å². The first-order chi connectivity index (χ1) is 16.4. The van der Waals surface area contributed by atoms with Crippen LogP contribution in [0.25, 0.3) is 5.69 Å². The number of aromatic nitrogens is 5. The molecule has 1 fully saturated rings. The van der Waals surface area contributed by atoms with Gasteiger partial charge in [-0.1, -0.05) is 36.7 Å². The fourth-order valence-electron chi connectivity index (χ4n) is 3.98. The molecule has 10 nitrogen and oxygen atoms in total. The van der Waals surface area contributed by atoms with Crippen LogP contribution in [0.15, 0.2) is 36.7 Å². The minimum absolute atomic E-state index is 0.0881. The highest BCUT2D eigenvalue weighted by Crippen LogP contribution is 2.33. The van der Waals surface area contributed by atoms with Gasteiger partial charge in [-0.3, -0.25) is 9.29 Å². The van der Waals surface area contributed by atoms with Crippen molar-refractivity contribution >= 4 is 27.6 Å². The van der Waals surface area contributed by atoms with E-state index in [0.29, 0.717) is 17.5 Å². The van der Waals surface area contributed by atoms with Crippen molar-refractivity contribution in [2.45, 2.75) is 50.6 Å². The van der Waals surface area contributed by atoms with Gasteiger partial charge in [-0.2, -0.15) is 0 Å². The van der Waals surface area contributed by atoms with Gasteiger partial charge in [-0.15, -0.1) is 10.2 Å². The van der Waals surface area contributed by atoms with E-state index in [4.69, 9.17) is 21.1 Å². The molecular weight excluding hydrogens is 480 g/mol. The number of sulfonamides is 1. The number of aryl methyl sites for hydroxylation is 1. The van der Waals surface area contributed by atoms with Crippen LogP contribution in [-0.2, 0) is 25.9 Å². The Morgan fingerprint density at radius 1 is 1.26 bits per heavy atom. The molecule has 0 aliphatic carbocycles. The quantitative estimate of drug-likeness (QED) is 0.467. The molecule has 0 amide bonds. The Morgan fingerprint density at radius 3 is 2.65 bits per heavy atom. The van der Waals surface area contributed by atoms with Gasteiger partial charge in [0.1, 0.15) is 17.5 Å². The molecule has 2 aromatic heterocycles. The summed E-state index contributed by atoms with van der Waals surface area (Å²) in [5, 5.41) is 7.82. The second-order valence-corrected chi connectivity index (χ2v) is 10.4. The molecule has 1 aliphatic rings. The predicted octanol–water partition coefficient (Wildman–Crippen LogP) is 3.64. The zero-order chi connectivity index (χ0) is 24.3. The lowest BCUT2D eigenvalue weighted by atomic mass is 10.1. The Balaban J connectivity index is 1.72. The zero-order valence-electron chi connectivity index (χ0n) is 19.2. The summed E-state index contributed by atoms with van der Waals surface area (Å²) in [6, 6.07) is 7.75. The molecule has 1 N–H and O–H groups in total. The zero-order valence-corrected chi connectivity index (χ0v) is 20.8. The van der Waals surface area contributed by atoms with E-state index in [1.54, 1.807) is 4.57 Å². The summed E-state index contributed by atoms with van der Waals surface area (Å²) < 4.78 is 42.5. The molecule has 3 heterocycles. The SMILES string of the molecule is CCc1ccccc1-n1c(NS(=O)(=O)[C@@H](C)[C@H](OC)c2ncc(Cl)cn2)nnc1[C@@H]1CCCO1. The number of ether oxygens (including phenoxy) is 2. The number of para-hydroxylation sites is 1. The van der Waals surface area contributed by atoms with Gasteiger partial charge in [0.2, 0.25) is 16.0 Å². The third kappa shape index (κ3) is 4.92. The first-order valence-electron chi connectivity index (χ1n) is 11.0. The molecule has 1 aromatic carbocycles. The molecule has 3 atom stereocenters. The lowest BCUT2D eigenvalue weighted by Gasteiger charge is -2.22. The molecule has 0 unspecified atom stereocenters. The number of halogens is 1. The molecule has 34 heavy (non-hydrogen) atoms. The largest absolute Gasteiger partial charge is 0.372 e. The molecule has 0 spiro atoms. The first-order valence-corrected chi connectivity index (χ1v) is 12.9. The molecule has 182 valence electrons. The van der Waals surface area contributed by atoms with Crippen LogP contribution >= 0.6 is 11.6 Å². The molecule has 12 heteroatoms. The summed E-state index contributed by atoms with van der Waals surface area (Å²) in [5.74, 6) is 0.862. The third-order valence-electron chi connectivity index (χ3n) is 5.82. The minimum Gasteiger partial charge on any atom is -0.372 e. The van der Waals surface area contributed by atoms with Crippen LogP contribution in [0.5, 0.6) is 0 Å². The van der Waals surface area contributed by atoms with Gasteiger partial charge in [-0.25, -0.2) is 18.4 Å². The number of hydrogen-bond acceptors (Lipinski definition) is 8. The van der Waals surface area contributed by atoms with E-state index in [0.717, 1.165) is 30.5 Å². The first kappa shape index (κ1) is 24.5. The number of anilines is 1. The highest BCUT2D eigenvalue weighted by Gasteiger charge is 2.35. The van der Waals surface area contributed by atoms with Crippen molar-refractivity contribution in [3.05, 3.63) is 58.9 Å². The average Bonchev–Trinajstić information content (AvgIpc) is 3.50. The number of benzene rings is 1.